The maximum Gasteiger partial charge on any atom is 0.270 e. The van der Waals surface area contributed by atoms with Crippen molar-refractivity contribution >= 4 is 11.6 Å². The Balaban J connectivity index is 1.77. The number of aryl methyl sites for hydroxylation is 1. The van der Waals surface area contributed by atoms with Gasteiger partial charge < -0.3 is 15.2 Å². The van der Waals surface area contributed by atoms with Gasteiger partial charge in [0.15, 0.2) is 0 Å². The molecular weight excluding hydrogens is 240 g/mol. The average Bonchev–Trinajstić information content (AvgIpc) is 2.89. The van der Waals surface area contributed by atoms with Gasteiger partial charge in [-0.2, -0.15) is 0 Å². The van der Waals surface area contributed by atoms with Gasteiger partial charge in [-0.3, -0.25) is 9.69 Å². The number of fused-ring (bicyclic) bond motifs is 1. The summed E-state index contributed by atoms with van der Waals surface area (Å²) in [5, 5.41) is 0. The number of amides is 1. The summed E-state index contributed by atoms with van der Waals surface area (Å²) in [6, 6.07) is 2.34. The molecule has 2 aliphatic heterocycles. The van der Waals surface area contributed by atoms with Crippen LogP contribution in [0.4, 0.5) is 5.69 Å². The van der Waals surface area contributed by atoms with Crippen molar-refractivity contribution in [2.24, 2.45) is 7.05 Å². The van der Waals surface area contributed by atoms with Crippen LogP contribution in [-0.2, 0) is 7.05 Å². The standard InChI is InChI=1S/C14H22N4O/c1-16-9-11(15)8-13(16)14(19)18-7-3-6-17-5-2-4-12(17)10-18/h8-9,12H,2-7,10,15H2,1H3. The quantitative estimate of drug-likeness (QED) is 0.819. The van der Waals surface area contributed by atoms with E-state index in [9.17, 15) is 4.79 Å². The van der Waals surface area contributed by atoms with Crippen LogP contribution >= 0.6 is 0 Å². The number of aromatic nitrogens is 1. The van der Waals surface area contributed by atoms with Gasteiger partial charge in [-0.05, 0) is 31.9 Å². The number of hydrogen-bond donors (Lipinski definition) is 1. The Morgan fingerprint density at radius 2 is 2.11 bits per heavy atom. The fraction of sp³-hybridized carbons (Fsp3) is 0.643. The van der Waals surface area contributed by atoms with Gasteiger partial charge in [-0.1, -0.05) is 0 Å². The Hall–Kier alpha value is -1.49. The largest absolute Gasteiger partial charge is 0.397 e. The molecule has 1 amide bonds. The summed E-state index contributed by atoms with van der Waals surface area (Å²) in [5.41, 5.74) is 7.12. The van der Waals surface area contributed by atoms with Gasteiger partial charge in [0.1, 0.15) is 5.69 Å². The topological polar surface area (TPSA) is 54.5 Å². The molecule has 2 fully saturated rings. The van der Waals surface area contributed by atoms with Gasteiger partial charge in [0.2, 0.25) is 0 Å². The molecule has 2 aliphatic rings. The number of rotatable bonds is 1. The molecule has 2 saturated heterocycles. The second kappa shape index (κ2) is 4.89. The normalized spacial score (nSPS) is 24.3. The Kier molecular flexibility index (Phi) is 3.22. The molecule has 1 aromatic heterocycles. The van der Waals surface area contributed by atoms with Crippen molar-refractivity contribution in [1.29, 1.82) is 0 Å². The van der Waals surface area contributed by atoms with Crippen molar-refractivity contribution in [2.75, 3.05) is 31.9 Å². The molecule has 19 heavy (non-hydrogen) atoms. The second-order valence-electron chi connectivity index (χ2n) is 5.71. The molecule has 0 radical (unpaired) electrons. The summed E-state index contributed by atoms with van der Waals surface area (Å²) in [5.74, 6) is 0.118. The summed E-state index contributed by atoms with van der Waals surface area (Å²) >= 11 is 0. The van der Waals surface area contributed by atoms with E-state index in [-0.39, 0.29) is 5.91 Å². The predicted molar refractivity (Wildman–Crippen MR) is 74.9 cm³/mol. The molecule has 104 valence electrons. The summed E-state index contributed by atoms with van der Waals surface area (Å²) < 4.78 is 1.83. The SMILES string of the molecule is Cn1cc(N)cc1C(=O)N1CCCN2CCCC2C1. The van der Waals surface area contributed by atoms with Gasteiger partial charge in [0.05, 0.1) is 5.69 Å². The fourth-order valence-electron chi connectivity index (χ4n) is 3.36. The van der Waals surface area contributed by atoms with Crippen LogP contribution in [0.15, 0.2) is 12.3 Å². The minimum atomic E-state index is 0.118. The van der Waals surface area contributed by atoms with E-state index in [2.05, 4.69) is 4.90 Å². The van der Waals surface area contributed by atoms with E-state index in [1.165, 1.54) is 19.4 Å². The zero-order chi connectivity index (χ0) is 13.4. The van der Waals surface area contributed by atoms with E-state index >= 15 is 0 Å². The minimum Gasteiger partial charge on any atom is -0.397 e. The van der Waals surface area contributed by atoms with E-state index < -0.39 is 0 Å². The molecule has 5 heteroatoms. The van der Waals surface area contributed by atoms with Crippen LogP contribution in [0.3, 0.4) is 0 Å². The maximum absolute atomic E-state index is 12.6. The first-order valence-electron chi connectivity index (χ1n) is 7.10. The zero-order valence-corrected chi connectivity index (χ0v) is 11.5. The lowest BCUT2D eigenvalue weighted by Crippen LogP contribution is -2.40. The van der Waals surface area contributed by atoms with Crippen LogP contribution < -0.4 is 5.73 Å². The lowest BCUT2D eigenvalue weighted by atomic mass is 10.2. The molecule has 1 unspecified atom stereocenters. The number of nitrogens with zero attached hydrogens (tertiary/aromatic N) is 3. The summed E-state index contributed by atoms with van der Waals surface area (Å²) in [6.07, 6.45) is 5.36. The van der Waals surface area contributed by atoms with Crippen molar-refractivity contribution in [3.63, 3.8) is 0 Å². The van der Waals surface area contributed by atoms with E-state index in [0.29, 0.717) is 17.4 Å². The number of carbonyl (C=O) groups excluding carboxylic acids is 1. The Morgan fingerprint density at radius 3 is 2.84 bits per heavy atom. The number of nitrogen functional groups attached to an aromatic ring is 1. The molecule has 0 saturated carbocycles. The molecular formula is C14H22N4O. The van der Waals surface area contributed by atoms with Crippen molar-refractivity contribution in [3.05, 3.63) is 18.0 Å². The van der Waals surface area contributed by atoms with Gasteiger partial charge in [0.25, 0.3) is 5.91 Å². The van der Waals surface area contributed by atoms with Crippen LogP contribution in [0.2, 0.25) is 0 Å². The molecule has 5 nitrogen and oxygen atoms in total. The Morgan fingerprint density at radius 1 is 1.32 bits per heavy atom. The predicted octanol–water partition coefficient (Wildman–Crippen LogP) is 0.918. The first-order valence-corrected chi connectivity index (χ1v) is 7.10. The summed E-state index contributed by atoms with van der Waals surface area (Å²) in [6.45, 7) is 4.05. The van der Waals surface area contributed by atoms with E-state index in [0.717, 1.165) is 26.1 Å². The summed E-state index contributed by atoms with van der Waals surface area (Å²) in [4.78, 5) is 17.1. The third-order valence-corrected chi connectivity index (χ3v) is 4.34. The van der Waals surface area contributed by atoms with Crippen molar-refractivity contribution < 1.29 is 4.79 Å². The van der Waals surface area contributed by atoms with Gasteiger partial charge in [0, 0.05) is 38.9 Å². The number of anilines is 1. The van der Waals surface area contributed by atoms with Crippen LogP contribution in [0.5, 0.6) is 0 Å². The molecule has 1 atom stereocenters. The lowest BCUT2D eigenvalue weighted by Gasteiger charge is -2.25. The Labute approximate surface area is 114 Å². The highest BCUT2D eigenvalue weighted by Crippen LogP contribution is 2.22. The molecule has 3 rings (SSSR count). The Bertz CT molecular complexity index is 482. The second-order valence-corrected chi connectivity index (χ2v) is 5.71. The fourth-order valence-corrected chi connectivity index (χ4v) is 3.36. The molecule has 0 bridgehead atoms. The summed E-state index contributed by atoms with van der Waals surface area (Å²) in [7, 11) is 1.88. The number of nitrogens with two attached hydrogens (primary N) is 1. The van der Waals surface area contributed by atoms with E-state index in [4.69, 9.17) is 5.73 Å². The monoisotopic (exact) mass is 262 g/mol. The van der Waals surface area contributed by atoms with Crippen molar-refractivity contribution in [1.82, 2.24) is 14.4 Å². The smallest absolute Gasteiger partial charge is 0.270 e. The molecule has 1 aromatic rings. The highest BCUT2D eigenvalue weighted by Gasteiger charge is 2.31. The molecule has 3 heterocycles. The van der Waals surface area contributed by atoms with E-state index in [1.807, 2.05) is 16.5 Å². The average molecular weight is 262 g/mol. The molecule has 0 aliphatic carbocycles. The van der Waals surface area contributed by atoms with Crippen LogP contribution in [-0.4, -0.2) is 52.5 Å². The van der Waals surface area contributed by atoms with Crippen LogP contribution in [0, 0.1) is 0 Å². The van der Waals surface area contributed by atoms with E-state index in [1.54, 1.807) is 12.3 Å². The van der Waals surface area contributed by atoms with Crippen molar-refractivity contribution in [2.45, 2.75) is 25.3 Å². The van der Waals surface area contributed by atoms with Crippen molar-refractivity contribution in [3.8, 4) is 0 Å². The van der Waals surface area contributed by atoms with Crippen LogP contribution in [0.25, 0.3) is 0 Å². The van der Waals surface area contributed by atoms with Gasteiger partial charge in [-0.25, -0.2) is 0 Å². The van der Waals surface area contributed by atoms with Crippen LogP contribution in [0.1, 0.15) is 29.8 Å². The third-order valence-electron chi connectivity index (χ3n) is 4.34. The lowest BCUT2D eigenvalue weighted by molar-refractivity contribution is 0.0734. The highest BCUT2D eigenvalue weighted by molar-refractivity contribution is 5.93. The maximum atomic E-state index is 12.6. The first kappa shape index (κ1) is 12.5. The molecule has 0 spiro atoms. The first-order chi connectivity index (χ1) is 9.15. The molecule has 2 N–H and O–H groups in total. The minimum absolute atomic E-state index is 0.118. The third kappa shape index (κ3) is 2.34. The zero-order valence-electron chi connectivity index (χ0n) is 11.5. The number of carbonyl (C=O) groups is 1. The highest BCUT2D eigenvalue weighted by atomic mass is 16.2. The molecule has 0 aromatic carbocycles. The van der Waals surface area contributed by atoms with Gasteiger partial charge in [-0.15, -0.1) is 0 Å². The number of hydrogen-bond acceptors (Lipinski definition) is 3. The van der Waals surface area contributed by atoms with Gasteiger partial charge >= 0.3 is 0 Å².